The largest absolute Gasteiger partial charge is 0.324 e. The van der Waals surface area contributed by atoms with Gasteiger partial charge in [-0.3, -0.25) is 4.79 Å². The number of carbonyl (C=O) groups is 1. The highest BCUT2D eigenvalue weighted by Crippen LogP contribution is 2.27. The summed E-state index contributed by atoms with van der Waals surface area (Å²) < 4.78 is 0. The third-order valence-electron chi connectivity index (χ3n) is 3.33. The Bertz CT molecular complexity index is 488. The summed E-state index contributed by atoms with van der Waals surface area (Å²) in [6.07, 6.45) is 9.94. The Morgan fingerprint density at radius 2 is 2.22 bits per heavy atom. The van der Waals surface area contributed by atoms with Crippen molar-refractivity contribution in [1.82, 2.24) is 0 Å². The second-order valence-corrected chi connectivity index (χ2v) is 4.65. The van der Waals surface area contributed by atoms with Crippen LogP contribution in [0.1, 0.15) is 30.4 Å². The van der Waals surface area contributed by atoms with Crippen molar-refractivity contribution in [3.05, 3.63) is 29.3 Å². The molecule has 3 nitrogen and oxygen atoms in total. The molecular formula is C15H18N2O. The van der Waals surface area contributed by atoms with E-state index in [9.17, 15) is 4.79 Å². The molecular weight excluding hydrogens is 224 g/mol. The molecule has 2 rings (SSSR count). The Morgan fingerprint density at radius 3 is 3.00 bits per heavy atom. The Kier molecular flexibility index (Phi) is 4.01. The van der Waals surface area contributed by atoms with Crippen molar-refractivity contribution in [2.75, 3.05) is 5.32 Å². The molecule has 1 unspecified atom stereocenters. The van der Waals surface area contributed by atoms with Gasteiger partial charge in [-0.15, -0.1) is 12.3 Å². The number of amides is 1. The lowest BCUT2D eigenvalue weighted by atomic mass is 9.90. The first-order valence-corrected chi connectivity index (χ1v) is 6.33. The lowest BCUT2D eigenvalue weighted by molar-refractivity contribution is -0.117. The molecule has 3 N–H and O–H groups in total. The number of carbonyl (C=O) groups excluding carboxylic acids is 1. The Hall–Kier alpha value is -1.79. The zero-order valence-electron chi connectivity index (χ0n) is 10.4. The maximum Gasteiger partial charge on any atom is 0.242 e. The molecule has 1 aromatic carbocycles. The number of rotatable bonds is 3. The van der Waals surface area contributed by atoms with E-state index in [0.717, 1.165) is 18.5 Å². The summed E-state index contributed by atoms with van der Waals surface area (Å²) in [5, 5.41) is 2.90. The van der Waals surface area contributed by atoms with Gasteiger partial charge in [0.2, 0.25) is 5.91 Å². The molecule has 0 radical (unpaired) electrons. The van der Waals surface area contributed by atoms with Gasteiger partial charge in [0, 0.05) is 12.1 Å². The first-order valence-electron chi connectivity index (χ1n) is 6.33. The van der Waals surface area contributed by atoms with Gasteiger partial charge >= 0.3 is 0 Å². The molecule has 1 aromatic rings. The van der Waals surface area contributed by atoms with E-state index in [4.69, 9.17) is 12.2 Å². The molecule has 1 aliphatic rings. The number of hydrogen-bond donors (Lipinski definition) is 2. The number of fused-ring (bicyclic) bond motifs is 1. The molecule has 0 bridgehead atoms. The van der Waals surface area contributed by atoms with E-state index in [0.29, 0.717) is 0 Å². The maximum atomic E-state index is 11.9. The third-order valence-corrected chi connectivity index (χ3v) is 3.33. The van der Waals surface area contributed by atoms with Crippen LogP contribution >= 0.6 is 0 Å². The van der Waals surface area contributed by atoms with Crippen molar-refractivity contribution in [2.45, 2.75) is 38.1 Å². The minimum Gasteiger partial charge on any atom is -0.324 e. The van der Waals surface area contributed by atoms with Gasteiger partial charge in [0.25, 0.3) is 0 Å². The number of anilines is 1. The zero-order valence-corrected chi connectivity index (χ0v) is 10.4. The predicted molar refractivity (Wildman–Crippen MR) is 73.1 cm³/mol. The number of hydrogen-bond acceptors (Lipinski definition) is 2. The summed E-state index contributed by atoms with van der Waals surface area (Å²) in [5.41, 5.74) is 9.18. The van der Waals surface area contributed by atoms with Gasteiger partial charge < -0.3 is 11.1 Å². The molecule has 0 spiro atoms. The summed E-state index contributed by atoms with van der Waals surface area (Å²) in [7, 11) is 0. The fourth-order valence-electron chi connectivity index (χ4n) is 2.34. The lowest BCUT2D eigenvalue weighted by Gasteiger charge is -2.20. The summed E-state index contributed by atoms with van der Waals surface area (Å²) in [6.45, 7) is 0. The first kappa shape index (κ1) is 12.7. The maximum absolute atomic E-state index is 11.9. The van der Waals surface area contributed by atoms with Crippen molar-refractivity contribution < 1.29 is 4.79 Å². The van der Waals surface area contributed by atoms with E-state index in [-0.39, 0.29) is 12.3 Å². The van der Waals surface area contributed by atoms with Gasteiger partial charge in [0.05, 0.1) is 6.04 Å². The first-order chi connectivity index (χ1) is 8.72. The Morgan fingerprint density at radius 1 is 1.44 bits per heavy atom. The van der Waals surface area contributed by atoms with Gasteiger partial charge in [-0.1, -0.05) is 12.1 Å². The molecule has 1 atom stereocenters. The SMILES string of the molecule is C#CCC(N)C(=O)Nc1cccc2c1CCCC2. The summed E-state index contributed by atoms with van der Waals surface area (Å²) >= 11 is 0. The van der Waals surface area contributed by atoms with E-state index in [1.165, 1.54) is 24.0 Å². The van der Waals surface area contributed by atoms with E-state index in [1.54, 1.807) is 0 Å². The van der Waals surface area contributed by atoms with Crippen LogP contribution in [0.2, 0.25) is 0 Å². The molecule has 3 heteroatoms. The summed E-state index contributed by atoms with van der Waals surface area (Å²) in [6, 6.07) is 5.41. The monoisotopic (exact) mass is 242 g/mol. The molecule has 0 saturated heterocycles. The van der Waals surface area contributed by atoms with Crippen molar-refractivity contribution in [1.29, 1.82) is 0 Å². The highest BCUT2D eigenvalue weighted by molar-refractivity contribution is 5.95. The van der Waals surface area contributed by atoms with Crippen molar-refractivity contribution in [2.24, 2.45) is 5.73 Å². The molecule has 0 aliphatic heterocycles. The number of benzene rings is 1. The fraction of sp³-hybridized carbons (Fsp3) is 0.400. The normalized spacial score (nSPS) is 15.3. The second kappa shape index (κ2) is 5.70. The Balaban J connectivity index is 2.15. The summed E-state index contributed by atoms with van der Waals surface area (Å²) in [4.78, 5) is 11.9. The van der Waals surface area contributed by atoms with Gasteiger partial charge in [0.15, 0.2) is 0 Å². The minimum atomic E-state index is -0.630. The molecule has 18 heavy (non-hydrogen) atoms. The van der Waals surface area contributed by atoms with Crippen LogP contribution in [0.15, 0.2) is 18.2 Å². The van der Waals surface area contributed by atoms with E-state index < -0.39 is 6.04 Å². The highest BCUT2D eigenvalue weighted by atomic mass is 16.2. The molecule has 0 aromatic heterocycles. The fourth-order valence-corrected chi connectivity index (χ4v) is 2.34. The molecule has 0 fully saturated rings. The van der Waals surface area contributed by atoms with Crippen LogP contribution in [0.5, 0.6) is 0 Å². The highest BCUT2D eigenvalue weighted by Gasteiger charge is 2.17. The van der Waals surface area contributed by atoms with Gasteiger partial charge in [0.1, 0.15) is 0 Å². The van der Waals surface area contributed by atoms with Crippen LogP contribution in [-0.2, 0) is 17.6 Å². The molecule has 1 amide bonds. The second-order valence-electron chi connectivity index (χ2n) is 4.65. The third kappa shape index (κ3) is 2.72. The average Bonchev–Trinajstić information content (AvgIpc) is 2.39. The molecule has 94 valence electrons. The van der Waals surface area contributed by atoms with Gasteiger partial charge in [-0.05, 0) is 42.9 Å². The van der Waals surface area contributed by atoms with Crippen LogP contribution in [0.4, 0.5) is 5.69 Å². The van der Waals surface area contributed by atoms with Crippen molar-refractivity contribution in [3.8, 4) is 12.3 Å². The predicted octanol–water partition coefficient (Wildman–Crippen LogP) is 1.85. The van der Waals surface area contributed by atoms with E-state index in [1.807, 2.05) is 12.1 Å². The minimum absolute atomic E-state index is 0.202. The molecule has 0 heterocycles. The summed E-state index contributed by atoms with van der Waals surface area (Å²) in [5.74, 6) is 2.21. The molecule has 0 saturated carbocycles. The van der Waals surface area contributed by atoms with Gasteiger partial charge in [-0.2, -0.15) is 0 Å². The average molecular weight is 242 g/mol. The van der Waals surface area contributed by atoms with Gasteiger partial charge in [-0.25, -0.2) is 0 Å². The van der Waals surface area contributed by atoms with Crippen molar-refractivity contribution >= 4 is 11.6 Å². The zero-order chi connectivity index (χ0) is 13.0. The van der Waals surface area contributed by atoms with Crippen LogP contribution in [0, 0.1) is 12.3 Å². The van der Waals surface area contributed by atoms with E-state index >= 15 is 0 Å². The number of nitrogens with one attached hydrogen (secondary N) is 1. The topological polar surface area (TPSA) is 55.1 Å². The van der Waals surface area contributed by atoms with Crippen LogP contribution < -0.4 is 11.1 Å². The standard InChI is InChI=1S/C15H18N2O/c1-2-6-13(16)15(18)17-14-10-5-8-11-7-3-4-9-12(11)14/h1,5,8,10,13H,3-4,6-7,9,16H2,(H,17,18). The lowest BCUT2D eigenvalue weighted by Crippen LogP contribution is -2.35. The van der Waals surface area contributed by atoms with E-state index in [2.05, 4.69) is 17.3 Å². The number of nitrogens with two attached hydrogens (primary N) is 1. The van der Waals surface area contributed by atoms with Crippen molar-refractivity contribution in [3.63, 3.8) is 0 Å². The number of aryl methyl sites for hydroxylation is 1. The van der Waals surface area contributed by atoms with Crippen LogP contribution in [0.3, 0.4) is 0 Å². The van der Waals surface area contributed by atoms with Crippen LogP contribution in [-0.4, -0.2) is 11.9 Å². The Labute approximate surface area is 108 Å². The smallest absolute Gasteiger partial charge is 0.242 e. The quantitative estimate of drug-likeness (QED) is 0.795. The number of terminal acetylenes is 1. The molecule has 1 aliphatic carbocycles. The van der Waals surface area contributed by atoms with Crippen LogP contribution in [0.25, 0.3) is 0 Å².